The van der Waals surface area contributed by atoms with Crippen LogP contribution in [0.5, 0.6) is 0 Å². The van der Waals surface area contributed by atoms with Crippen molar-refractivity contribution >= 4 is 40.5 Å². The van der Waals surface area contributed by atoms with Gasteiger partial charge in [0.1, 0.15) is 0 Å². The lowest BCUT2D eigenvalue weighted by Crippen LogP contribution is -2.28. The first-order valence-corrected chi connectivity index (χ1v) is 9.83. The summed E-state index contributed by atoms with van der Waals surface area (Å²) in [7, 11) is 0. The van der Waals surface area contributed by atoms with E-state index in [1.165, 1.54) is 35.2 Å². The molecule has 0 bridgehead atoms. The van der Waals surface area contributed by atoms with Gasteiger partial charge in [-0.1, -0.05) is 12.1 Å². The Labute approximate surface area is 187 Å². The third-order valence-electron chi connectivity index (χ3n) is 5.19. The van der Waals surface area contributed by atoms with Crippen molar-refractivity contribution in [2.45, 2.75) is 20.3 Å². The summed E-state index contributed by atoms with van der Waals surface area (Å²) in [6.07, 6.45) is -0.160. The van der Waals surface area contributed by atoms with Crippen LogP contribution in [0.3, 0.4) is 0 Å². The van der Waals surface area contributed by atoms with E-state index in [9.17, 15) is 34.6 Å². The average molecular weight is 456 g/mol. The summed E-state index contributed by atoms with van der Waals surface area (Å²) in [5.41, 5.74) is 1.04. The van der Waals surface area contributed by atoms with Gasteiger partial charge in [-0.25, -0.2) is 0 Å². The molecule has 12 heteroatoms. The number of nitro benzene ring substituents is 2. The second-order valence-corrected chi connectivity index (χ2v) is 7.55. The molecule has 1 aliphatic rings. The molecule has 1 N–H and O–H groups in total. The van der Waals surface area contributed by atoms with E-state index in [1.807, 2.05) is 0 Å². The SMILES string of the molecule is Cc1ccc(NC(=O)COC(=O)[C@@H]2CC(=O)N(c3ccc(C)c([N+](=O)[O-])c3)C2)cc1[N+](=O)[O-]. The predicted molar refractivity (Wildman–Crippen MR) is 116 cm³/mol. The molecule has 0 saturated carbocycles. The van der Waals surface area contributed by atoms with Gasteiger partial charge in [0.2, 0.25) is 5.91 Å². The standard InChI is InChI=1S/C21H20N4O8/c1-12-3-5-15(8-17(12)24(29)30)22-19(26)11-33-21(28)14-7-20(27)23(10-14)16-6-4-13(2)18(9-16)25(31)32/h3-6,8-9,14H,7,10-11H2,1-2H3,(H,22,26)/t14-/m1/s1. The molecule has 0 aliphatic carbocycles. The van der Waals surface area contributed by atoms with E-state index in [2.05, 4.69) is 5.32 Å². The Morgan fingerprint density at radius 3 is 2.30 bits per heavy atom. The normalized spacial score (nSPS) is 15.3. The molecule has 2 aromatic carbocycles. The van der Waals surface area contributed by atoms with E-state index in [4.69, 9.17) is 4.74 Å². The Bertz CT molecular complexity index is 1160. The predicted octanol–water partition coefficient (Wildman–Crippen LogP) is 2.65. The summed E-state index contributed by atoms with van der Waals surface area (Å²) in [6, 6.07) is 8.51. The minimum Gasteiger partial charge on any atom is -0.455 e. The number of amides is 2. The molecular formula is C21H20N4O8. The summed E-state index contributed by atoms with van der Waals surface area (Å²) in [5, 5.41) is 24.6. The van der Waals surface area contributed by atoms with Crippen LogP contribution in [-0.4, -0.2) is 40.8 Å². The summed E-state index contributed by atoms with van der Waals surface area (Å²) in [5.74, 6) is -2.70. The number of benzene rings is 2. The zero-order valence-corrected chi connectivity index (χ0v) is 17.8. The van der Waals surface area contributed by atoms with Crippen molar-refractivity contribution in [1.29, 1.82) is 0 Å². The van der Waals surface area contributed by atoms with Crippen LogP contribution >= 0.6 is 0 Å². The lowest BCUT2D eigenvalue weighted by atomic mass is 10.1. The minimum absolute atomic E-state index is 0.0380. The quantitative estimate of drug-likeness (QED) is 0.378. The number of hydrogen-bond donors (Lipinski definition) is 1. The number of hydrogen-bond acceptors (Lipinski definition) is 8. The van der Waals surface area contributed by atoms with Crippen molar-refractivity contribution in [1.82, 2.24) is 0 Å². The van der Waals surface area contributed by atoms with Gasteiger partial charge in [-0.3, -0.25) is 34.6 Å². The number of aryl methyl sites for hydroxylation is 2. The Balaban J connectivity index is 1.58. The molecule has 2 aromatic rings. The lowest BCUT2D eigenvalue weighted by molar-refractivity contribution is -0.385. The van der Waals surface area contributed by atoms with Gasteiger partial charge in [0.15, 0.2) is 6.61 Å². The van der Waals surface area contributed by atoms with Crippen molar-refractivity contribution in [2.24, 2.45) is 5.92 Å². The van der Waals surface area contributed by atoms with E-state index < -0.39 is 40.2 Å². The van der Waals surface area contributed by atoms with Gasteiger partial charge in [0.25, 0.3) is 17.3 Å². The number of nitrogens with zero attached hydrogens (tertiary/aromatic N) is 3. The van der Waals surface area contributed by atoms with Gasteiger partial charge in [-0.15, -0.1) is 0 Å². The molecule has 3 rings (SSSR count). The van der Waals surface area contributed by atoms with Crippen LogP contribution in [0.15, 0.2) is 36.4 Å². The molecular weight excluding hydrogens is 436 g/mol. The monoisotopic (exact) mass is 456 g/mol. The molecule has 1 aliphatic heterocycles. The van der Waals surface area contributed by atoms with Crippen molar-refractivity contribution in [2.75, 3.05) is 23.4 Å². The van der Waals surface area contributed by atoms with Crippen LogP contribution in [-0.2, 0) is 19.1 Å². The second kappa shape index (κ2) is 9.42. The maximum atomic E-state index is 12.4. The van der Waals surface area contributed by atoms with Gasteiger partial charge in [0, 0.05) is 41.9 Å². The molecule has 2 amide bonds. The number of carbonyl (C=O) groups is 3. The third kappa shape index (κ3) is 5.29. The van der Waals surface area contributed by atoms with Crippen LogP contribution < -0.4 is 10.2 Å². The molecule has 0 unspecified atom stereocenters. The van der Waals surface area contributed by atoms with Gasteiger partial charge in [0.05, 0.1) is 21.5 Å². The number of anilines is 2. The minimum atomic E-state index is -0.842. The number of carbonyl (C=O) groups excluding carboxylic acids is 3. The summed E-state index contributed by atoms with van der Waals surface area (Å²) < 4.78 is 5.00. The average Bonchev–Trinajstić information content (AvgIpc) is 3.15. The highest BCUT2D eigenvalue weighted by molar-refractivity contribution is 6.00. The van der Waals surface area contributed by atoms with Crippen molar-refractivity contribution in [3.05, 3.63) is 67.8 Å². The molecule has 33 heavy (non-hydrogen) atoms. The Hall–Kier alpha value is -4.35. The highest BCUT2D eigenvalue weighted by Crippen LogP contribution is 2.30. The molecule has 172 valence electrons. The molecule has 0 radical (unpaired) electrons. The molecule has 1 fully saturated rings. The van der Waals surface area contributed by atoms with Crippen LogP contribution in [0.25, 0.3) is 0 Å². The number of nitrogens with one attached hydrogen (secondary N) is 1. The summed E-state index contributed by atoms with van der Waals surface area (Å²) in [4.78, 5) is 59.1. The third-order valence-corrected chi connectivity index (χ3v) is 5.19. The molecule has 0 spiro atoms. The number of ether oxygens (including phenoxy) is 1. The number of nitro groups is 2. The van der Waals surface area contributed by atoms with Crippen molar-refractivity contribution in [3.8, 4) is 0 Å². The van der Waals surface area contributed by atoms with Gasteiger partial charge in [-0.05, 0) is 26.0 Å². The molecule has 12 nitrogen and oxygen atoms in total. The fraction of sp³-hybridized carbons (Fsp3) is 0.286. The van der Waals surface area contributed by atoms with Gasteiger partial charge < -0.3 is 15.0 Å². The lowest BCUT2D eigenvalue weighted by Gasteiger charge is -2.16. The Morgan fingerprint density at radius 1 is 1.06 bits per heavy atom. The van der Waals surface area contributed by atoms with Gasteiger partial charge >= 0.3 is 5.97 Å². The Kier molecular flexibility index (Phi) is 6.66. The van der Waals surface area contributed by atoms with Crippen molar-refractivity contribution in [3.63, 3.8) is 0 Å². The maximum Gasteiger partial charge on any atom is 0.311 e. The first-order chi connectivity index (χ1) is 15.6. The van der Waals surface area contributed by atoms with Crippen LogP contribution in [0.2, 0.25) is 0 Å². The molecule has 1 saturated heterocycles. The summed E-state index contributed by atoms with van der Waals surface area (Å²) >= 11 is 0. The van der Waals surface area contributed by atoms with E-state index in [-0.39, 0.29) is 30.0 Å². The fourth-order valence-corrected chi connectivity index (χ4v) is 3.41. The number of rotatable bonds is 7. The second-order valence-electron chi connectivity index (χ2n) is 7.55. The highest BCUT2D eigenvalue weighted by atomic mass is 16.6. The molecule has 0 aromatic heterocycles. The van der Waals surface area contributed by atoms with Crippen LogP contribution in [0.4, 0.5) is 22.7 Å². The van der Waals surface area contributed by atoms with E-state index in [0.29, 0.717) is 16.8 Å². The fourth-order valence-electron chi connectivity index (χ4n) is 3.41. The number of esters is 1. The van der Waals surface area contributed by atoms with Crippen LogP contribution in [0, 0.1) is 40.0 Å². The van der Waals surface area contributed by atoms with Crippen molar-refractivity contribution < 1.29 is 29.0 Å². The molecule has 1 heterocycles. The Morgan fingerprint density at radius 2 is 1.67 bits per heavy atom. The van der Waals surface area contributed by atoms with Gasteiger partial charge in [-0.2, -0.15) is 0 Å². The van der Waals surface area contributed by atoms with Crippen LogP contribution in [0.1, 0.15) is 17.5 Å². The zero-order valence-electron chi connectivity index (χ0n) is 17.8. The highest BCUT2D eigenvalue weighted by Gasteiger charge is 2.37. The largest absolute Gasteiger partial charge is 0.455 e. The van der Waals surface area contributed by atoms with E-state index in [1.54, 1.807) is 19.9 Å². The zero-order chi connectivity index (χ0) is 24.3. The maximum absolute atomic E-state index is 12.4. The van der Waals surface area contributed by atoms with E-state index in [0.717, 1.165) is 0 Å². The smallest absolute Gasteiger partial charge is 0.311 e. The summed E-state index contributed by atoms with van der Waals surface area (Å²) in [6.45, 7) is 2.46. The van der Waals surface area contributed by atoms with E-state index >= 15 is 0 Å². The first kappa shape index (κ1) is 23.3. The topological polar surface area (TPSA) is 162 Å². The molecule has 1 atom stereocenters. The first-order valence-electron chi connectivity index (χ1n) is 9.83.